The van der Waals surface area contributed by atoms with Crippen LogP contribution in [0.3, 0.4) is 0 Å². The van der Waals surface area contributed by atoms with E-state index in [-0.39, 0.29) is 30.3 Å². The fourth-order valence-corrected chi connectivity index (χ4v) is 4.36. The van der Waals surface area contributed by atoms with Gasteiger partial charge in [0.15, 0.2) is 18.3 Å². The van der Waals surface area contributed by atoms with Crippen molar-refractivity contribution in [1.29, 1.82) is 5.26 Å². The molecule has 1 N–H and O–H groups in total. The summed E-state index contributed by atoms with van der Waals surface area (Å²) in [5, 5.41) is 12.6. The van der Waals surface area contributed by atoms with Crippen molar-refractivity contribution in [3.05, 3.63) is 52.8 Å². The van der Waals surface area contributed by atoms with Crippen LogP contribution < -0.4 is 14.8 Å². The van der Waals surface area contributed by atoms with Gasteiger partial charge in [0.1, 0.15) is 23.1 Å². The first kappa shape index (κ1) is 32.9. The minimum absolute atomic E-state index is 0.0352. The highest BCUT2D eigenvalue weighted by atomic mass is 32.3. The Labute approximate surface area is 240 Å². The van der Waals surface area contributed by atoms with E-state index in [9.17, 15) is 10.1 Å². The van der Waals surface area contributed by atoms with Crippen molar-refractivity contribution >= 4 is 44.3 Å². The van der Waals surface area contributed by atoms with E-state index in [1.165, 1.54) is 45.2 Å². The van der Waals surface area contributed by atoms with Gasteiger partial charge in [-0.3, -0.25) is 0 Å². The quantitative estimate of drug-likeness (QED) is 0.112. The molecule has 0 spiro atoms. The number of carbonyl (C=O) groups excluding carboxylic acids is 1. The monoisotopic (exact) mass is 594 g/mol. The summed E-state index contributed by atoms with van der Waals surface area (Å²) in [5.74, 6) is 0.446. The van der Waals surface area contributed by atoms with Crippen molar-refractivity contribution in [2.24, 2.45) is 9.98 Å². The van der Waals surface area contributed by atoms with E-state index < -0.39 is 21.9 Å². The van der Waals surface area contributed by atoms with Crippen LogP contribution in [0.1, 0.15) is 16.7 Å². The zero-order valence-corrected chi connectivity index (χ0v) is 25.3. The van der Waals surface area contributed by atoms with Crippen molar-refractivity contribution in [2.45, 2.75) is 6.54 Å². The van der Waals surface area contributed by atoms with Gasteiger partial charge in [-0.05, 0) is 54.9 Å². The van der Waals surface area contributed by atoms with Crippen LogP contribution in [0.15, 0.2) is 40.3 Å². The lowest BCUT2D eigenvalue weighted by Crippen LogP contribution is -2.25. The number of thioether (sulfide) groups is 1. The summed E-state index contributed by atoms with van der Waals surface area (Å²) in [6.45, 7) is 0.188. The smallest absolute Gasteiger partial charge is 0.407 e. The molecule has 0 atom stereocenters. The van der Waals surface area contributed by atoms with E-state index in [0.29, 0.717) is 34.2 Å². The Morgan fingerprint density at radius 2 is 1.90 bits per heavy atom. The molecule has 0 heterocycles. The fourth-order valence-electron chi connectivity index (χ4n) is 3.25. The summed E-state index contributed by atoms with van der Waals surface area (Å²) < 4.78 is 31.3. The minimum Gasteiger partial charge on any atom is -0.497 e. The number of nitrogens with one attached hydrogen (secondary N) is 1. The van der Waals surface area contributed by atoms with Crippen molar-refractivity contribution in [3.8, 4) is 17.6 Å². The Kier molecular flexibility index (Phi) is 13.2. The van der Waals surface area contributed by atoms with Gasteiger partial charge in [-0.2, -0.15) is 5.26 Å². The van der Waals surface area contributed by atoms with Gasteiger partial charge in [0.2, 0.25) is 0 Å². The van der Waals surface area contributed by atoms with Crippen LogP contribution in [-0.4, -0.2) is 82.3 Å². The molecule has 0 aliphatic rings. The summed E-state index contributed by atoms with van der Waals surface area (Å²) in [6, 6.07) is 9.86. The first-order chi connectivity index (χ1) is 19.1. The number of aliphatic imine (C=N–C) groups is 2. The number of alkyl carbamates (subject to hydrolysis) is 1. The number of hydrogen-bond donors (Lipinski definition) is 1. The van der Waals surface area contributed by atoms with Crippen molar-refractivity contribution in [3.63, 3.8) is 0 Å². The summed E-state index contributed by atoms with van der Waals surface area (Å²) in [4.78, 5) is 30.8. The zero-order chi connectivity index (χ0) is 29.7. The molecule has 10 nitrogen and oxygen atoms in total. The van der Waals surface area contributed by atoms with Gasteiger partial charge >= 0.3 is 6.09 Å². The maximum atomic E-state index is 15.5. The third-order valence-corrected chi connectivity index (χ3v) is 7.40. The maximum Gasteiger partial charge on any atom is 0.407 e. The highest BCUT2D eigenvalue weighted by Crippen LogP contribution is 2.33. The lowest BCUT2D eigenvalue weighted by atomic mass is 10.1. The normalized spacial score (nSPS) is 12.5. The molecule has 218 valence electrons. The van der Waals surface area contributed by atoms with E-state index in [1.807, 2.05) is 0 Å². The average molecular weight is 595 g/mol. The molecule has 2 aromatic carbocycles. The molecule has 0 radical (unpaired) electrons. The second kappa shape index (κ2) is 16.1. The number of benzene rings is 2. The Morgan fingerprint density at radius 1 is 1.15 bits per heavy atom. The van der Waals surface area contributed by atoms with Gasteiger partial charge < -0.3 is 19.5 Å². The second-order valence-electron chi connectivity index (χ2n) is 8.97. The molecule has 0 saturated carbocycles. The molecular formula is C27H35FN4O6S2. The van der Waals surface area contributed by atoms with E-state index >= 15 is 4.39 Å². The van der Waals surface area contributed by atoms with Crippen molar-refractivity contribution < 1.29 is 33.2 Å². The maximum absolute atomic E-state index is 15.5. The molecule has 2 aromatic rings. The number of rotatable bonds is 13. The SMILES string of the molecule is COOC/N=C(\SC)C(=Nc1ccc(C#N)c(CNC(=O)OCCS(C)(C)C)c1)c1cc(OC)cc(OC)c1F. The second-order valence-corrected chi connectivity index (χ2v) is 14.4. The van der Waals surface area contributed by atoms with Crippen LogP contribution in [0.5, 0.6) is 11.5 Å². The Hall–Kier alpha value is -3.31. The van der Waals surface area contributed by atoms with E-state index in [4.69, 9.17) is 24.1 Å². The molecule has 2 rings (SSSR count). The molecular weight excluding hydrogens is 559 g/mol. The number of nitriles is 1. The molecule has 0 aliphatic carbocycles. The highest BCUT2D eigenvalue weighted by molar-refractivity contribution is 8.32. The van der Waals surface area contributed by atoms with Crippen LogP contribution in [0, 0.1) is 17.1 Å². The lowest BCUT2D eigenvalue weighted by Gasteiger charge is -2.24. The summed E-state index contributed by atoms with van der Waals surface area (Å²) in [5.41, 5.74) is 1.51. The summed E-state index contributed by atoms with van der Waals surface area (Å²) >= 11 is 1.22. The molecule has 0 aromatic heterocycles. The fraction of sp³-hybridized carbons (Fsp3) is 0.407. The number of amides is 1. The number of methoxy groups -OCH3 is 2. The standard InChI is InChI=1S/C27H35FN4O6S2/c1-34-21-13-22(24(28)23(14-21)35-2)25(26(39-4)31-17-38-36-3)32-20-9-8-18(15-29)19(12-20)16-30-27(33)37-10-11-40(5,6)7/h8-9,12-14H,10-11,16-17H2,1-7H3,(H,30,33)/b31-26-,32-25?. The number of ether oxygens (including phenoxy) is 3. The van der Waals surface area contributed by atoms with Gasteiger partial charge in [0.25, 0.3) is 0 Å². The largest absolute Gasteiger partial charge is 0.497 e. The Balaban J connectivity index is 2.51. The van der Waals surface area contributed by atoms with Gasteiger partial charge in [0.05, 0.1) is 38.6 Å². The van der Waals surface area contributed by atoms with Crippen LogP contribution >= 0.6 is 21.8 Å². The Bertz CT molecular complexity index is 1270. The van der Waals surface area contributed by atoms with Gasteiger partial charge in [-0.15, -0.1) is 11.8 Å². The van der Waals surface area contributed by atoms with Crippen LogP contribution in [-0.2, 0) is 21.1 Å². The average Bonchev–Trinajstić information content (AvgIpc) is 2.93. The van der Waals surface area contributed by atoms with E-state index in [1.54, 1.807) is 24.5 Å². The molecule has 0 bridgehead atoms. The Morgan fingerprint density at radius 3 is 2.50 bits per heavy atom. The topological polar surface area (TPSA) is 124 Å². The van der Waals surface area contributed by atoms with Crippen LogP contribution in [0.4, 0.5) is 14.9 Å². The van der Waals surface area contributed by atoms with Gasteiger partial charge in [-0.1, -0.05) is 0 Å². The number of nitrogens with zero attached hydrogens (tertiary/aromatic N) is 3. The summed E-state index contributed by atoms with van der Waals surface area (Å²) in [7, 11) is 3.36. The molecule has 13 heteroatoms. The minimum atomic E-state index is -0.798. The summed E-state index contributed by atoms with van der Waals surface area (Å²) in [6.07, 6.45) is 7.59. The molecule has 0 saturated heterocycles. The van der Waals surface area contributed by atoms with E-state index in [2.05, 4.69) is 40.0 Å². The molecule has 0 aliphatic heterocycles. The van der Waals surface area contributed by atoms with Gasteiger partial charge in [-0.25, -0.2) is 39.0 Å². The van der Waals surface area contributed by atoms with Crippen molar-refractivity contribution in [1.82, 2.24) is 5.32 Å². The van der Waals surface area contributed by atoms with Crippen LogP contribution in [0.2, 0.25) is 0 Å². The third kappa shape index (κ3) is 10.0. The van der Waals surface area contributed by atoms with E-state index in [0.717, 1.165) is 5.75 Å². The first-order valence-electron chi connectivity index (χ1n) is 11.9. The number of carbonyl (C=O) groups is 1. The molecule has 0 unspecified atom stereocenters. The number of halogens is 1. The predicted molar refractivity (Wildman–Crippen MR) is 159 cm³/mol. The predicted octanol–water partition coefficient (Wildman–Crippen LogP) is 5.05. The molecule has 1 amide bonds. The molecule has 40 heavy (non-hydrogen) atoms. The third-order valence-electron chi connectivity index (χ3n) is 5.30. The zero-order valence-electron chi connectivity index (χ0n) is 23.7. The van der Waals surface area contributed by atoms with Crippen LogP contribution in [0.25, 0.3) is 0 Å². The lowest BCUT2D eigenvalue weighted by molar-refractivity contribution is -0.270. The number of hydrogen-bond acceptors (Lipinski definition) is 10. The first-order valence-corrected chi connectivity index (χ1v) is 16.2. The van der Waals surface area contributed by atoms with Gasteiger partial charge in [0, 0.05) is 23.9 Å². The van der Waals surface area contributed by atoms with Crippen molar-refractivity contribution in [2.75, 3.05) is 65.4 Å². The highest BCUT2D eigenvalue weighted by Gasteiger charge is 2.21. The molecule has 0 fully saturated rings.